The molecule has 144 valence electrons. The molecule has 1 heteroatoms. The second kappa shape index (κ2) is 7.81. The Morgan fingerprint density at radius 3 is 1.33 bits per heavy atom. The van der Waals surface area contributed by atoms with Crippen molar-refractivity contribution in [3.63, 3.8) is 0 Å². The van der Waals surface area contributed by atoms with Gasteiger partial charge in [-0.2, -0.15) is 5.75 Å². The van der Waals surface area contributed by atoms with Crippen molar-refractivity contribution < 1.29 is 5.11 Å². The molecule has 0 aromatic heterocycles. The molecule has 5 rings (SSSR count). The van der Waals surface area contributed by atoms with Crippen LogP contribution in [0.2, 0.25) is 0 Å². The zero-order chi connectivity index (χ0) is 20.3. The van der Waals surface area contributed by atoms with Crippen molar-refractivity contribution in [3.05, 3.63) is 121 Å². The minimum atomic E-state index is 0.0742. The molecule has 0 bridgehead atoms. The summed E-state index contributed by atoms with van der Waals surface area (Å²) in [6.07, 6.45) is 0. The normalized spacial score (nSPS) is 10.8. The maximum Gasteiger partial charge on any atom is -0.0514 e. The predicted octanol–water partition coefficient (Wildman–Crippen LogP) is 7.15. The van der Waals surface area contributed by atoms with Gasteiger partial charge in [-0.3, -0.25) is 0 Å². The molecule has 0 fully saturated rings. The van der Waals surface area contributed by atoms with Gasteiger partial charge in [-0.1, -0.05) is 148 Å². The van der Waals surface area contributed by atoms with Crippen LogP contribution in [0.4, 0.5) is 0 Å². The molecule has 30 heavy (non-hydrogen) atoms. The minimum absolute atomic E-state index is 0.0742. The lowest BCUT2D eigenvalue weighted by molar-refractivity contribution is -0.265. The molecule has 5 aromatic carbocycles. The fourth-order valence-corrected chi connectivity index (χ4v) is 4.15. The minimum Gasteiger partial charge on any atom is -0.881 e. The highest BCUT2D eigenvalue weighted by Gasteiger charge is 2.17. The van der Waals surface area contributed by atoms with Gasteiger partial charge < -0.3 is 5.11 Å². The van der Waals surface area contributed by atoms with Crippen molar-refractivity contribution >= 4 is 0 Å². The molecule has 0 saturated heterocycles. The lowest BCUT2D eigenvalue weighted by Crippen LogP contribution is -1.93. The van der Waals surface area contributed by atoms with Crippen LogP contribution in [0.1, 0.15) is 0 Å². The van der Waals surface area contributed by atoms with Crippen LogP contribution in [-0.4, -0.2) is 0 Å². The van der Waals surface area contributed by atoms with Crippen molar-refractivity contribution in [1.29, 1.82) is 0 Å². The SMILES string of the molecule is [O-]c1c(-c2ccccc2)c(-c2ccccc2)c(-c2ccccc2)[c-]1-c1ccccc1. The molecular weight excluding hydrogens is 364 g/mol. The Morgan fingerprint density at radius 2 is 0.833 bits per heavy atom. The third-order valence-electron chi connectivity index (χ3n) is 5.45. The van der Waals surface area contributed by atoms with Gasteiger partial charge in [-0.25, -0.2) is 0 Å². The topological polar surface area (TPSA) is 23.1 Å². The first kappa shape index (κ1) is 18.1. The van der Waals surface area contributed by atoms with E-state index in [1.165, 1.54) is 0 Å². The molecule has 0 saturated carbocycles. The van der Waals surface area contributed by atoms with E-state index in [9.17, 15) is 5.11 Å². The summed E-state index contributed by atoms with van der Waals surface area (Å²) in [5, 5.41) is 14.0. The molecule has 0 spiro atoms. The van der Waals surface area contributed by atoms with E-state index in [4.69, 9.17) is 0 Å². The van der Waals surface area contributed by atoms with Gasteiger partial charge in [-0.05, 0) is 0 Å². The number of rotatable bonds is 4. The maximum atomic E-state index is 14.0. The van der Waals surface area contributed by atoms with Crippen molar-refractivity contribution in [1.82, 2.24) is 0 Å². The first-order chi connectivity index (χ1) is 14.8. The molecule has 0 heterocycles. The second-order valence-electron chi connectivity index (χ2n) is 7.29. The first-order valence-corrected chi connectivity index (χ1v) is 10.1. The average Bonchev–Trinajstić information content (AvgIpc) is 3.14. The monoisotopic (exact) mass is 384 g/mol. The third-order valence-corrected chi connectivity index (χ3v) is 5.45. The van der Waals surface area contributed by atoms with Gasteiger partial charge in [-0.15, -0.1) is 17.7 Å². The molecule has 0 unspecified atom stereocenters. The van der Waals surface area contributed by atoms with Crippen LogP contribution in [0.25, 0.3) is 44.5 Å². The summed E-state index contributed by atoms with van der Waals surface area (Å²) in [5.74, 6) is 0.0742. The Labute approximate surface area is 176 Å². The summed E-state index contributed by atoms with van der Waals surface area (Å²) in [5.41, 5.74) is 7.51. The van der Waals surface area contributed by atoms with Crippen molar-refractivity contribution in [2.45, 2.75) is 0 Å². The van der Waals surface area contributed by atoms with E-state index < -0.39 is 0 Å². The molecule has 1 nitrogen and oxygen atoms in total. The van der Waals surface area contributed by atoms with Gasteiger partial charge in [0.2, 0.25) is 0 Å². The van der Waals surface area contributed by atoms with Gasteiger partial charge in [0.25, 0.3) is 0 Å². The van der Waals surface area contributed by atoms with Crippen LogP contribution < -0.4 is 5.11 Å². The van der Waals surface area contributed by atoms with E-state index in [0.717, 1.165) is 44.5 Å². The molecular formula is C29H20O-2. The maximum absolute atomic E-state index is 14.0. The number of hydrogen-bond acceptors (Lipinski definition) is 1. The van der Waals surface area contributed by atoms with E-state index in [-0.39, 0.29) is 5.75 Å². The van der Waals surface area contributed by atoms with Gasteiger partial charge >= 0.3 is 0 Å². The summed E-state index contributed by atoms with van der Waals surface area (Å²) in [6.45, 7) is 0. The lowest BCUT2D eigenvalue weighted by Gasteiger charge is -2.20. The Kier molecular flexibility index (Phi) is 4.71. The summed E-state index contributed by atoms with van der Waals surface area (Å²) >= 11 is 0. The quantitative estimate of drug-likeness (QED) is 0.302. The van der Waals surface area contributed by atoms with E-state index in [2.05, 4.69) is 24.3 Å². The Morgan fingerprint density at radius 1 is 0.433 bits per heavy atom. The highest BCUT2D eigenvalue weighted by Crippen LogP contribution is 2.53. The predicted molar refractivity (Wildman–Crippen MR) is 123 cm³/mol. The van der Waals surface area contributed by atoms with Crippen LogP contribution in [0.3, 0.4) is 0 Å². The molecule has 0 N–H and O–H groups in total. The van der Waals surface area contributed by atoms with Crippen LogP contribution in [0, 0.1) is 0 Å². The lowest BCUT2D eigenvalue weighted by atomic mass is 9.91. The Hall–Kier alpha value is -3.97. The summed E-state index contributed by atoms with van der Waals surface area (Å²) < 4.78 is 0. The van der Waals surface area contributed by atoms with E-state index in [0.29, 0.717) is 0 Å². The fourth-order valence-electron chi connectivity index (χ4n) is 4.15. The highest BCUT2D eigenvalue weighted by molar-refractivity contribution is 6.09. The highest BCUT2D eigenvalue weighted by atomic mass is 16.3. The molecule has 0 aliphatic carbocycles. The molecule has 0 amide bonds. The first-order valence-electron chi connectivity index (χ1n) is 10.1. The van der Waals surface area contributed by atoms with Gasteiger partial charge in [0.15, 0.2) is 0 Å². The van der Waals surface area contributed by atoms with Gasteiger partial charge in [0.1, 0.15) is 0 Å². The largest absolute Gasteiger partial charge is 0.881 e. The smallest absolute Gasteiger partial charge is 0.0514 e. The van der Waals surface area contributed by atoms with E-state index in [1.807, 2.05) is 97.1 Å². The molecule has 0 aliphatic heterocycles. The summed E-state index contributed by atoms with van der Waals surface area (Å²) in [4.78, 5) is 0. The number of hydrogen-bond donors (Lipinski definition) is 0. The van der Waals surface area contributed by atoms with Gasteiger partial charge in [0, 0.05) is 0 Å². The average molecular weight is 384 g/mol. The van der Waals surface area contributed by atoms with Gasteiger partial charge in [0.05, 0.1) is 0 Å². The Bertz CT molecular complexity index is 1150. The van der Waals surface area contributed by atoms with Crippen molar-refractivity contribution in [2.75, 3.05) is 0 Å². The Balaban J connectivity index is 1.95. The third kappa shape index (κ3) is 3.11. The van der Waals surface area contributed by atoms with Crippen LogP contribution >= 0.6 is 0 Å². The summed E-state index contributed by atoms with van der Waals surface area (Å²) in [7, 11) is 0. The van der Waals surface area contributed by atoms with E-state index in [1.54, 1.807) is 0 Å². The van der Waals surface area contributed by atoms with Crippen molar-refractivity contribution in [2.24, 2.45) is 0 Å². The van der Waals surface area contributed by atoms with Crippen molar-refractivity contribution in [3.8, 4) is 50.3 Å². The van der Waals surface area contributed by atoms with Crippen LogP contribution in [0.15, 0.2) is 121 Å². The standard InChI is InChI=1S/C29H21O/c30-29-27(23-17-9-3-10-18-23)25(21-13-5-1-6-14-21)26(22-15-7-2-8-16-22)28(29)24-19-11-4-12-20-24/h1-20,30H/q-1/p-1. The molecule has 0 radical (unpaired) electrons. The molecule has 0 atom stereocenters. The zero-order valence-corrected chi connectivity index (χ0v) is 16.5. The molecule has 0 aliphatic rings. The zero-order valence-electron chi connectivity index (χ0n) is 16.5. The van der Waals surface area contributed by atoms with Crippen LogP contribution in [-0.2, 0) is 0 Å². The molecule has 5 aromatic rings. The van der Waals surface area contributed by atoms with E-state index >= 15 is 0 Å². The summed E-state index contributed by atoms with van der Waals surface area (Å²) in [6, 6.07) is 40.5. The fraction of sp³-hybridized carbons (Fsp3) is 0. The van der Waals surface area contributed by atoms with Crippen LogP contribution in [0.5, 0.6) is 5.75 Å². The number of benzene rings is 4. The second-order valence-corrected chi connectivity index (χ2v) is 7.29.